The summed E-state index contributed by atoms with van der Waals surface area (Å²) >= 11 is 2.97. The van der Waals surface area contributed by atoms with Crippen molar-refractivity contribution in [3.05, 3.63) is 24.2 Å². The molecule has 1 aromatic rings. The average molecular weight is 391 g/mol. The van der Waals surface area contributed by atoms with Crippen LogP contribution in [0.3, 0.4) is 0 Å². The van der Waals surface area contributed by atoms with Gasteiger partial charge in [0, 0.05) is 19.6 Å². The highest BCUT2D eigenvalue weighted by Gasteiger charge is 2.47. The van der Waals surface area contributed by atoms with Gasteiger partial charge in [0.15, 0.2) is 4.08 Å². The molecule has 5 nitrogen and oxygen atoms in total. The topological polar surface area (TPSA) is 83.1 Å². The monoisotopic (exact) mass is 390 g/mol. The fraction of sp³-hybridized carbons (Fsp3) is 0.643. The minimum Gasteiger partial charge on any atom is -0.468 e. The van der Waals surface area contributed by atoms with Crippen molar-refractivity contribution in [3.63, 3.8) is 0 Å². The summed E-state index contributed by atoms with van der Waals surface area (Å²) in [6, 6.07) is 5.76. The molecule has 1 saturated heterocycles. The summed E-state index contributed by atoms with van der Waals surface area (Å²) in [6.07, 6.45) is 1.51. The van der Waals surface area contributed by atoms with Crippen LogP contribution in [-0.2, 0) is 10.0 Å². The Bertz CT molecular complexity index is 656. The molecule has 23 heavy (non-hydrogen) atoms. The molecule has 0 radical (unpaired) electrons. The van der Waals surface area contributed by atoms with Crippen LogP contribution in [-0.4, -0.2) is 37.8 Å². The zero-order chi connectivity index (χ0) is 17.1. The van der Waals surface area contributed by atoms with Crippen LogP contribution in [0, 0.1) is 11.3 Å². The first kappa shape index (κ1) is 18.9. The Morgan fingerprint density at radius 3 is 2.57 bits per heavy atom. The van der Waals surface area contributed by atoms with Crippen LogP contribution in [0.25, 0.3) is 0 Å². The van der Waals surface area contributed by atoms with Gasteiger partial charge in [-0.2, -0.15) is 5.26 Å². The molecular weight excluding hydrogens is 368 g/mol. The van der Waals surface area contributed by atoms with Crippen molar-refractivity contribution >= 4 is 41.6 Å². The van der Waals surface area contributed by atoms with Crippen molar-refractivity contribution in [2.75, 3.05) is 17.3 Å². The Kier molecular flexibility index (Phi) is 5.95. The lowest BCUT2D eigenvalue weighted by molar-refractivity contribution is 0.443. The molecule has 0 aliphatic carbocycles. The number of furan rings is 1. The molecule has 0 aromatic carbocycles. The molecule has 0 unspecified atom stereocenters. The second-order valence-corrected chi connectivity index (χ2v) is 17.1. The van der Waals surface area contributed by atoms with Crippen LogP contribution >= 0.6 is 23.5 Å². The number of thioether (sulfide) groups is 2. The average Bonchev–Trinajstić information content (AvgIpc) is 3.14. The summed E-state index contributed by atoms with van der Waals surface area (Å²) in [6.45, 7) is 6.43. The summed E-state index contributed by atoms with van der Waals surface area (Å²) in [4.78, 5) is 0. The molecule has 1 fully saturated rings. The van der Waals surface area contributed by atoms with E-state index in [1.807, 2.05) is 0 Å². The quantitative estimate of drug-likeness (QED) is 0.719. The lowest BCUT2D eigenvalue weighted by Gasteiger charge is -2.29. The highest BCUT2D eigenvalue weighted by molar-refractivity contribution is 8.21. The Morgan fingerprint density at radius 2 is 2.09 bits per heavy atom. The second kappa shape index (κ2) is 7.23. The third-order valence-corrected chi connectivity index (χ3v) is 10.2. The predicted octanol–water partition coefficient (Wildman–Crippen LogP) is 3.28. The third-order valence-electron chi connectivity index (χ3n) is 3.50. The molecule has 128 valence electrons. The van der Waals surface area contributed by atoms with Gasteiger partial charge in [-0.15, -0.1) is 23.5 Å². The number of nitrogens with zero attached hydrogens (tertiary/aromatic N) is 1. The number of rotatable bonds is 7. The van der Waals surface area contributed by atoms with Crippen molar-refractivity contribution < 1.29 is 12.8 Å². The van der Waals surface area contributed by atoms with Crippen LogP contribution < -0.4 is 4.72 Å². The van der Waals surface area contributed by atoms with E-state index in [4.69, 9.17) is 4.42 Å². The second-order valence-electron chi connectivity index (χ2n) is 6.67. The zero-order valence-electron chi connectivity index (χ0n) is 13.5. The number of nitriles is 1. The fourth-order valence-electron chi connectivity index (χ4n) is 2.18. The summed E-state index contributed by atoms with van der Waals surface area (Å²) in [5.74, 6) is 2.24. The summed E-state index contributed by atoms with van der Waals surface area (Å²) < 4.78 is 32.4. The number of nitrogens with one attached hydrogen (secondary N) is 1. The molecule has 0 saturated carbocycles. The van der Waals surface area contributed by atoms with Gasteiger partial charge in [0.1, 0.15) is 11.8 Å². The standard InChI is InChI=1S/C14H22N2O3S3Si/c1-23(2,3)10-9-22(17,18)16-13(12-5-4-6-19-12)14(11-15)20-7-8-21-14/h4-6,13,16H,7-10H2,1-3H3/t13-/m0/s1. The van der Waals surface area contributed by atoms with Gasteiger partial charge in [0.05, 0.1) is 18.1 Å². The van der Waals surface area contributed by atoms with E-state index >= 15 is 0 Å². The normalized spacial score (nSPS) is 19.4. The molecule has 1 N–H and O–H groups in total. The lowest BCUT2D eigenvalue weighted by Crippen LogP contribution is -2.41. The van der Waals surface area contributed by atoms with Crippen LogP contribution in [0.1, 0.15) is 11.8 Å². The SMILES string of the molecule is C[Si](C)(C)CCS(=O)(=O)N[C@@H](c1ccco1)C1(C#N)SCCS1. The highest BCUT2D eigenvalue weighted by Crippen LogP contribution is 2.51. The minimum atomic E-state index is -3.48. The Labute approximate surface area is 147 Å². The maximum absolute atomic E-state index is 12.5. The maximum atomic E-state index is 12.5. The number of hydrogen-bond donors (Lipinski definition) is 1. The molecular formula is C14H22N2O3S3Si. The molecule has 0 spiro atoms. The highest BCUT2D eigenvalue weighted by atomic mass is 32.2. The molecule has 2 heterocycles. The number of sulfonamides is 1. The van der Waals surface area contributed by atoms with E-state index in [0.29, 0.717) is 11.8 Å². The molecule has 0 bridgehead atoms. The molecule has 0 amide bonds. The first-order valence-corrected chi connectivity index (χ1v) is 14.7. The van der Waals surface area contributed by atoms with Crippen molar-refractivity contribution in [2.45, 2.75) is 35.8 Å². The van der Waals surface area contributed by atoms with Crippen molar-refractivity contribution in [3.8, 4) is 6.07 Å². The van der Waals surface area contributed by atoms with Gasteiger partial charge in [0.2, 0.25) is 10.0 Å². The molecule has 9 heteroatoms. The maximum Gasteiger partial charge on any atom is 0.212 e. The molecule has 1 aromatic heterocycles. The first-order chi connectivity index (χ1) is 10.7. The summed E-state index contributed by atoms with van der Waals surface area (Å²) in [5.41, 5.74) is 0. The third kappa shape index (κ3) is 5.03. The van der Waals surface area contributed by atoms with E-state index in [1.165, 1.54) is 29.8 Å². The Balaban J connectivity index is 2.24. The minimum absolute atomic E-state index is 0.0940. The first-order valence-electron chi connectivity index (χ1n) is 7.40. The predicted molar refractivity (Wildman–Crippen MR) is 99.8 cm³/mol. The molecule has 1 aliphatic heterocycles. The van der Waals surface area contributed by atoms with Gasteiger partial charge >= 0.3 is 0 Å². The Hall–Kier alpha value is -0.403. The summed E-state index contributed by atoms with van der Waals surface area (Å²) in [5, 5.41) is 9.68. The van der Waals surface area contributed by atoms with Gasteiger partial charge in [-0.1, -0.05) is 19.6 Å². The largest absolute Gasteiger partial charge is 0.468 e. The van der Waals surface area contributed by atoms with E-state index in [2.05, 4.69) is 30.4 Å². The zero-order valence-corrected chi connectivity index (χ0v) is 17.0. The lowest BCUT2D eigenvalue weighted by atomic mass is 10.2. The molecule has 2 rings (SSSR count). The van der Waals surface area contributed by atoms with Crippen LogP contribution in [0.4, 0.5) is 0 Å². The van der Waals surface area contributed by atoms with Gasteiger partial charge < -0.3 is 4.42 Å². The summed E-state index contributed by atoms with van der Waals surface area (Å²) in [7, 11) is -4.94. The van der Waals surface area contributed by atoms with E-state index in [1.54, 1.807) is 12.1 Å². The smallest absolute Gasteiger partial charge is 0.212 e. The van der Waals surface area contributed by atoms with Gasteiger partial charge in [-0.05, 0) is 18.2 Å². The Morgan fingerprint density at radius 1 is 1.43 bits per heavy atom. The fourth-order valence-corrected chi connectivity index (χ4v) is 9.54. The molecule has 1 atom stereocenters. The van der Waals surface area contributed by atoms with Gasteiger partial charge in [0.25, 0.3) is 0 Å². The van der Waals surface area contributed by atoms with Gasteiger partial charge in [-0.25, -0.2) is 13.1 Å². The van der Waals surface area contributed by atoms with Crippen LogP contribution in [0.5, 0.6) is 0 Å². The van der Waals surface area contributed by atoms with E-state index in [0.717, 1.165) is 11.5 Å². The number of hydrogen-bond acceptors (Lipinski definition) is 6. The van der Waals surface area contributed by atoms with Gasteiger partial charge in [-0.3, -0.25) is 0 Å². The van der Waals surface area contributed by atoms with E-state index < -0.39 is 28.2 Å². The van der Waals surface area contributed by atoms with Crippen LogP contribution in [0.15, 0.2) is 22.8 Å². The van der Waals surface area contributed by atoms with Crippen molar-refractivity contribution in [2.24, 2.45) is 0 Å². The van der Waals surface area contributed by atoms with E-state index in [9.17, 15) is 13.7 Å². The van der Waals surface area contributed by atoms with Crippen LogP contribution in [0.2, 0.25) is 25.7 Å². The van der Waals surface area contributed by atoms with Crippen molar-refractivity contribution in [1.82, 2.24) is 4.72 Å². The van der Waals surface area contributed by atoms with E-state index in [-0.39, 0.29) is 5.75 Å². The molecule has 1 aliphatic rings. The van der Waals surface area contributed by atoms with Crippen molar-refractivity contribution in [1.29, 1.82) is 5.26 Å².